The number of benzene rings is 2. The third-order valence-corrected chi connectivity index (χ3v) is 3.68. The molecule has 3 aromatic rings. The van der Waals surface area contributed by atoms with Gasteiger partial charge in [-0.25, -0.2) is 4.98 Å². The van der Waals surface area contributed by atoms with Crippen molar-refractivity contribution in [1.29, 1.82) is 0 Å². The molecule has 2 aromatic carbocycles. The van der Waals surface area contributed by atoms with Crippen LogP contribution in [0.3, 0.4) is 0 Å². The third-order valence-electron chi connectivity index (χ3n) is 3.68. The number of hydrogen-bond acceptors (Lipinski definition) is 3. The Bertz CT molecular complexity index is 805. The Kier molecular flexibility index (Phi) is 3.86. The number of aromatic nitrogens is 2. The summed E-state index contributed by atoms with van der Waals surface area (Å²) in [4.78, 5) is 10.2. The second kappa shape index (κ2) is 5.81. The lowest BCUT2D eigenvalue weighted by atomic mass is 10.1. The fraction of sp³-hybridized carbons (Fsp3) is 0.278. The molecule has 0 aliphatic carbocycles. The first-order chi connectivity index (χ1) is 10.6. The highest BCUT2D eigenvalue weighted by Gasteiger charge is 2.10. The number of imidazole rings is 1. The Hall–Kier alpha value is -2.33. The Balaban J connectivity index is 2.05. The van der Waals surface area contributed by atoms with Gasteiger partial charge >= 0.3 is 0 Å². The number of methoxy groups -OCH3 is 1. The van der Waals surface area contributed by atoms with Gasteiger partial charge in [0.05, 0.1) is 18.1 Å². The molecule has 0 bridgehead atoms. The molecule has 3 rings (SSSR count). The highest BCUT2D eigenvalue weighted by Crippen LogP contribution is 2.27. The van der Waals surface area contributed by atoms with Crippen LogP contribution in [0.15, 0.2) is 36.4 Å². The first-order valence-corrected chi connectivity index (χ1v) is 7.35. The summed E-state index contributed by atoms with van der Waals surface area (Å²) < 4.78 is 5.45. The molecule has 4 heteroatoms. The second-order valence-corrected chi connectivity index (χ2v) is 5.87. The summed E-state index contributed by atoms with van der Waals surface area (Å²) in [5.74, 6) is 1.80. The van der Waals surface area contributed by atoms with Crippen molar-refractivity contribution in [3.05, 3.63) is 47.5 Å². The van der Waals surface area contributed by atoms with Crippen LogP contribution in [0.1, 0.15) is 11.1 Å². The van der Waals surface area contributed by atoms with E-state index in [0.717, 1.165) is 40.3 Å². The molecule has 0 fully saturated rings. The Morgan fingerprint density at radius 1 is 1.14 bits per heavy atom. The third kappa shape index (κ3) is 2.83. The molecule has 0 aliphatic rings. The van der Waals surface area contributed by atoms with Crippen molar-refractivity contribution < 1.29 is 4.74 Å². The van der Waals surface area contributed by atoms with Gasteiger partial charge in [0.25, 0.3) is 0 Å². The number of ether oxygens (including phenoxy) is 1. The molecule has 1 N–H and O–H groups in total. The average molecular weight is 295 g/mol. The zero-order chi connectivity index (χ0) is 15.7. The van der Waals surface area contributed by atoms with Crippen LogP contribution in [0, 0.1) is 6.92 Å². The SMILES string of the molecule is COc1ccc(-c2nc3ccc(C)cc3[nH]2)cc1CN(C)C. The van der Waals surface area contributed by atoms with Gasteiger partial charge in [-0.15, -0.1) is 0 Å². The van der Waals surface area contributed by atoms with E-state index in [0.29, 0.717) is 0 Å². The maximum Gasteiger partial charge on any atom is 0.138 e. The number of hydrogen-bond donors (Lipinski definition) is 1. The van der Waals surface area contributed by atoms with Crippen LogP contribution >= 0.6 is 0 Å². The van der Waals surface area contributed by atoms with Crippen molar-refractivity contribution >= 4 is 11.0 Å². The molecule has 0 atom stereocenters. The molecular weight excluding hydrogens is 274 g/mol. The minimum atomic E-state index is 0.830. The molecule has 0 radical (unpaired) electrons. The van der Waals surface area contributed by atoms with Gasteiger partial charge < -0.3 is 14.6 Å². The van der Waals surface area contributed by atoms with Crippen molar-refractivity contribution in [2.45, 2.75) is 13.5 Å². The highest BCUT2D eigenvalue weighted by molar-refractivity contribution is 5.80. The minimum absolute atomic E-state index is 0.830. The van der Waals surface area contributed by atoms with Gasteiger partial charge in [0.1, 0.15) is 11.6 Å². The largest absolute Gasteiger partial charge is 0.496 e. The van der Waals surface area contributed by atoms with E-state index in [4.69, 9.17) is 4.74 Å². The Labute approximate surface area is 130 Å². The maximum atomic E-state index is 5.45. The van der Waals surface area contributed by atoms with Crippen LogP contribution < -0.4 is 4.74 Å². The van der Waals surface area contributed by atoms with Crippen LogP contribution in [-0.4, -0.2) is 36.1 Å². The molecule has 1 aromatic heterocycles. The quantitative estimate of drug-likeness (QED) is 0.799. The van der Waals surface area contributed by atoms with Crippen LogP contribution in [0.25, 0.3) is 22.4 Å². The first kappa shape index (κ1) is 14.6. The summed E-state index contributed by atoms with van der Waals surface area (Å²) in [7, 11) is 5.81. The lowest BCUT2D eigenvalue weighted by Crippen LogP contribution is -2.11. The summed E-state index contributed by atoms with van der Waals surface area (Å²) >= 11 is 0. The monoisotopic (exact) mass is 295 g/mol. The number of aryl methyl sites for hydroxylation is 1. The van der Waals surface area contributed by atoms with E-state index >= 15 is 0 Å². The Morgan fingerprint density at radius 2 is 1.95 bits per heavy atom. The van der Waals surface area contributed by atoms with E-state index in [9.17, 15) is 0 Å². The molecule has 0 aliphatic heterocycles. The highest BCUT2D eigenvalue weighted by atomic mass is 16.5. The van der Waals surface area contributed by atoms with Crippen molar-refractivity contribution in [2.24, 2.45) is 0 Å². The van der Waals surface area contributed by atoms with Crippen molar-refractivity contribution in [2.75, 3.05) is 21.2 Å². The average Bonchev–Trinajstić information content (AvgIpc) is 2.89. The normalized spacial score (nSPS) is 11.3. The number of nitrogens with zero attached hydrogens (tertiary/aromatic N) is 2. The van der Waals surface area contributed by atoms with E-state index in [-0.39, 0.29) is 0 Å². The van der Waals surface area contributed by atoms with Gasteiger partial charge in [0, 0.05) is 17.7 Å². The maximum absolute atomic E-state index is 5.45. The smallest absolute Gasteiger partial charge is 0.138 e. The van der Waals surface area contributed by atoms with E-state index < -0.39 is 0 Å². The van der Waals surface area contributed by atoms with Crippen molar-refractivity contribution in [3.8, 4) is 17.1 Å². The molecule has 0 unspecified atom stereocenters. The van der Waals surface area contributed by atoms with Gasteiger partial charge in [-0.1, -0.05) is 6.07 Å². The van der Waals surface area contributed by atoms with E-state index in [2.05, 4.69) is 60.2 Å². The van der Waals surface area contributed by atoms with E-state index in [1.165, 1.54) is 5.56 Å². The topological polar surface area (TPSA) is 41.1 Å². The van der Waals surface area contributed by atoms with Crippen LogP contribution in [0.5, 0.6) is 5.75 Å². The lowest BCUT2D eigenvalue weighted by Gasteiger charge is -2.14. The summed E-state index contributed by atoms with van der Waals surface area (Å²) in [6.07, 6.45) is 0. The minimum Gasteiger partial charge on any atom is -0.496 e. The number of rotatable bonds is 4. The summed E-state index contributed by atoms with van der Waals surface area (Å²) in [5, 5.41) is 0. The Morgan fingerprint density at radius 3 is 2.68 bits per heavy atom. The van der Waals surface area contributed by atoms with Crippen molar-refractivity contribution in [3.63, 3.8) is 0 Å². The molecule has 1 heterocycles. The number of H-pyrrole nitrogens is 1. The van der Waals surface area contributed by atoms with E-state index in [1.807, 2.05) is 12.1 Å². The number of aromatic amines is 1. The number of nitrogens with one attached hydrogen (secondary N) is 1. The standard InChI is InChI=1S/C18H21N3O/c1-12-5-7-15-16(9-12)20-18(19-15)13-6-8-17(22-4)14(10-13)11-21(2)3/h5-10H,11H2,1-4H3,(H,19,20). The molecule has 0 saturated carbocycles. The summed E-state index contributed by atoms with van der Waals surface area (Å²) in [6, 6.07) is 12.4. The summed E-state index contributed by atoms with van der Waals surface area (Å²) in [5.41, 5.74) is 5.52. The van der Waals surface area contributed by atoms with Crippen LogP contribution in [-0.2, 0) is 6.54 Å². The predicted octanol–water partition coefficient (Wildman–Crippen LogP) is 3.61. The zero-order valence-corrected chi connectivity index (χ0v) is 13.5. The molecule has 114 valence electrons. The lowest BCUT2D eigenvalue weighted by molar-refractivity contribution is 0.372. The fourth-order valence-electron chi connectivity index (χ4n) is 2.65. The second-order valence-electron chi connectivity index (χ2n) is 5.87. The summed E-state index contributed by atoms with van der Waals surface area (Å²) in [6.45, 7) is 2.92. The predicted molar refractivity (Wildman–Crippen MR) is 90.2 cm³/mol. The van der Waals surface area contributed by atoms with E-state index in [1.54, 1.807) is 7.11 Å². The molecule has 4 nitrogen and oxygen atoms in total. The van der Waals surface area contributed by atoms with Crippen LogP contribution in [0.4, 0.5) is 0 Å². The molecule has 22 heavy (non-hydrogen) atoms. The van der Waals surface area contributed by atoms with Gasteiger partial charge in [-0.05, 0) is 56.9 Å². The van der Waals surface area contributed by atoms with Gasteiger partial charge in [0.2, 0.25) is 0 Å². The number of fused-ring (bicyclic) bond motifs is 1. The molecule has 0 spiro atoms. The zero-order valence-electron chi connectivity index (χ0n) is 13.5. The van der Waals surface area contributed by atoms with Gasteiger partial charge in [0.15, 0.2) is 0 Å². The molecular formula is C18H21N3O. The first-order valence-electron chi connectivity index (χ1n) is 7.35. The van der Waals surface area contributed by atoms with Gasteiger partial charge in [-0.2, -0.15) is 0 Å². The van der Waals surface area contributed by atoms with Crippen molar-refractivity contribution in [1.82, 2.24) is 14.9 Å². The molecule has 0 saturated heterocycles. The van der Waals surface area contributed by atoms with Crippen LogP contribution in [0.2, 0.25) is 0 Å². The van der Waals surface area contributed by atoms with Gasteiger partial charge in [-0.3, -0.25) is 0 Å². The molecule has 0 amide bonds. The fourth-order valence-corrected chi connectivity index (χ4v) is 2.65.